The third-order valence-electron chi connectivity index (χ3n) is 2.07. The summed E-state index contributed by atoms with van der Waals surface area (Å²) in [7, 11) is 0. The third-order valence-corrected chi connectivity index (χ3v) is 2.07. The maximum atomic E-state index is 5.26. The number of ether oxygens (including phenoxy) is 1. The lowest BCUT2D eigenvalue weighted by atomic mass is 10.2. The van der Waals surface area contributed by atoms with Crippen LogP contribution in [-0.2, 0) is 4.74 Å². The van der Waals surface area contributed by atoms with Crippen molar-refractivity contribution in [2.24, 2.45) is 0 Å². The van der Waals surface area contributed by atoms with Gasteiger partial charge in [-0.3, -0.25) is 4.90 Å². The molecule has 0 unspecified atom stereocenters. The molecule has 0 aromatic rings. The Kier molecular flexibility index (Phi) is 4.55. The second kappa shape index (κ2) is 5.56. The van der Waals surface area contributed by atoms with Crippen LogP contribution in [0, 0.1) is 6.42 Å². The summed E-state index contributed by atoms with van der Waals surface area (Å²) in [6.45, 7) is 7.48. The van der Waals surface area contributed by atoms with Crippen LogP contribution in [0.2, 0.25) is 0 Å². The van der Waals surface area contributed by atoms with Crippen molar-refractivity contribution in [3.63, 3.8) is 0 Å². The molecule has 0 saturated carbocycles. The molecule has 2 heteroatoms. The lowest BCUT2D eigenvalue weighted by Crippen LogP contribution is -2.36. The van der Waals surface area contributed by atoms with Gasteiger partial charge in [-0.2, -0.15) is 0 Å². The van der Waals surface area contributed by atoms with E-state index in [1.807, 2.05) is 0 Å². The Labute approximate surface area is 69.5 Å². The highest BCUT2D eigenvalue weighted by Crippen LogP contribution is 2.00. The second-order valence-corrected chi connectivity index (χ2v) is 3.00. The van der Waals surface area contributed by atoms with Crippen LogP contribution in [0.3, 0.4) is 0 Å². The molecule has 2 nitrogen and oxygen atoms in total. The minimum absolute atomic E-state index is 0.926. The third kappa shape index (κ3) is 3.73. The van der Waals surface area contributed by atoms with E-state index in [9.17, 15) is 0 Å². The van der Waals surface area contributed by atoms with Crippen LogP contribution in [0.5, 0.6) is 0 Å². The number of hydrogen-bond acceptors (Lipinski definition) is 2. The molecule has 1 aliphatic rings. The number of morpholine rings is 1. The van der Waals surface area contributed by atoms with E-state index in [-0.39, 0.29) is 0 Å². The van der Waals surface area contributed by atoms with Gasteiger partial charge in [0.1, 0.15) is 0 Å². The summed E-state index contributed by atoms with van der Waals surface area (Å²) in [5.41, 5.74) is 0. The molecule has 1 heterocycles. The van der Waals surface area contributed by atoms with Gasteiger partial charge in [-0.05, 0) is 25.8 Å². The van der Waals surface area contributed by atoms with E-state index in [0.717, 1.165) is 26.3 Å². The maximum absolute atomic E-state index is 5.26. The van der Waals surface area contributed by atoms with Crippen molar-refractivity contribution in [1.29, 1.82) is 0 Å². The Balaban J connectivity index is 1.96. The fraction of sp³-hybridized carbons (Fsp3) is 0.889. The van der Waals surface area contributed by atoms with E-state index in [4.69, 9.17) is 4.74 Å². The maximum Gasteiger partial charge on any atom is 0.0594 e. The molecular formula is C9H18NO. The summed E-state index contributed by atoms with van der Waals surface area (Å²) in [5.74, 6) is 0. The smallest absolute Gasteiger partial charge is 0.0594 e. The fourth-order valence-corrected chi connectivity index (χ4v) is 1.34. The number of unbranched alkanes of at least 4 members (excludes halogenated alkanes) is 2. The average Bonchev–Trinajstić information content (AvgIpc) is 2.07. The molecule has 65 valence electrons. The number of hydrogen-bond donors (Lipinski definition) is 0. The van der Waals surface area contributed by atoms with Crippen LogP contribution >= 0.6 is 0 Å². The summed E-state index contributed by atoms with van der Waals surface area (Å²) in [6, 6.07) is 0. The highest BCUT2D eigenvalue weighted by Gasteiger charge is 2.08. The van der Waals surface area contributed by atoms with E-state index < -0.39 is 0 Å². The minimum atomic E-state index is 0.926. The Morgan fingerprint density at radius 3 is 2.73 bits per heavy atom. The molecule has 0 spiro atoms. The predicted molar refractivity (Wildman–Crippen MR) is 46.5 cm³/mol. The number of rotatable bonds is 4. The van der Waals surface area contributed by atoms with Gasteiger partial charge >= 0.3 is 0 Å². The summed E-state index contributed by atoms with van der Waals surface area (Å²) in [6.07, 6.45) is 4.79. The first kappa shape index (κ1) is 9.01. The average molecular weight is 156 g/mol. The van der Waals surface area contributed by atoms with E-state index >= 15 is 0 Å². The lowest BCUT2D eigenvalue weighted by Gasteiger charge is -2.26. The van der Waals surface area contributed by atoms with Gasteiger partial charge in [0.25, 0.3) is 0 Å². The van der Waals surface area contributed by atoms with Crippen molar-refractivity contribution in [1.82, 2.24) is 4.90 Å². The molecule has 1 aliphatic heterocycles. The molecule has 11 heavy (non-hydrogen) atoms. The first-order chi connectivity index (χ1) is 5.43. The van der Waals surface area contributed by atoms with E-state index in [2.05, 4.69) is 18.2 Å². The van der Waals surface area contributed by atoms with Crippen LogP contribution in [0.4, 0.5) is 0 Å². The molecule has 0 aliphatic carbocycles. The fourth-order valence-electron chi connectivity index (χ4n) is 1.34. The molecule has 1 fully saturated rings. The summed E-state index contributed by atoms with van der Waals surface area (Å²) < 4.78 is 5.26. The van der Waals surface area contributed by atoms with Gasteiger partial charge in [-0.1, -0.05) is 6.92 Å². The summed E-state index contributed by atoms with van der Waals surface area (Å²) in [4.78, 5) is 2.48. The molecule has 0 aromatic heterocycles. The van der Waals surface area contributed by atoms with Crippen molar-refractivity contribution in [3.05, 3.63) is 6.42 Å². The van der Waals surface area contributed by atoms with Gasteiger partial charge in [-0.25, -0.2) is 0 Å². The Morgan fingerprint density at radius 2 is 2.09 bits per heavy atom. The van der Waals surface area contributed by atoms with Crippen molar-refractivity contribution in [2.75, 3.05) is 32.8 Å². The molecule has 1 radical (unpaired) electrons. The monoisotopic (exact) mass is 156 g/mol. The van der Waals surface area contributed by atoms with Gasteiger partial charge in [0.15, 0.2) is 0 Å². The normalized spacial score (nSPS) is 20.5. The zero-order valence-electron chi connectivity index (χ0n) is 7.38. The first-order valence-corrected chi connectivity index (χ1v) is 4.51. The molecule has 1 saturated heterocycles. The van der Waals surface area contributed by atoms with Crippen molar-refractivity contribution in [2.45, 2.75) is 19.8 Å². The van der Waals surface area contributed by atoms with Crippen LogP contribution in [-0.4, -0.2) is 37.7 Å². The Morgan fingerprint density at radius 1 is 1.36 bits per heavy atom. The predicted octanol–water partition coefficient (Wildman–Crippen LogP) is 1.32. The Hall–Kier alpha value is -0.0800. The van der Waals surface area contributed by atoms with Gasteiger partial charge in [0.05, 0.1) is 13.2 Å². The molecule has 0 N–H and O–H groups in total. The topological polar surface area (TPSA) is 12.5 Å². The SMILES string of the molecule is C[CH]CCCN1CCOCC1. The lowest BCUT2D eigenvalue weighted by molar-refractivity contribution is 0.0374. The summed E-state index contributed by atoms with van der Waals surface area (Å²) >= 11 is 0. The van der Waals surface area contributed by atoms with Gasteiger partial charge in [0.2, 0.25) is 0 Å². The van der Waals surface area contributed by atoms with Crippen LogP contribution in [0.25, 0.3) is 0 Å². The minimum Gasteiger partial charge on any atom is -0.379 e. The highest BCUT2D eigenvalue weighted by atomic mass is 16.5. The largest absolute Gasteiger partial charge is 0.379 e. The van der Waals surface area contributed by atoms with E-state index in [1.165, 1.54) is 19.4 Å². The molecule has 0 aromatic carbocycles. The Bertz CT molecular complexity index is 89.6. The molecule has 0 atom stereocenters. The number of nitrogens with zero attached hydrogens (tertiary/aromatic N) is 1. The van der Waals surface area contributed by atoms with Gasteiger partial charge < -0.3 is 4.74 Å². The molecular weight excluding hydrogens is 138 g/mol. The standard InChI is InChI=1S/C9H18NO/c1-2-3-4-5-10-6-8-11-9-7-10/h2H,3-9H2,1H3. The van der Waals surface area contributed by atoms with Gasteiger partial charge in [0, 0.05) is 13.1 Å². The molecule has 0 bridgehead atoms. The van der Waals surface area contributed by atoms with Crippen molar-refractivity contribution in [3.8, 4) is 0 Å². The van der Waals surface area contributed by atoms with Crippen molar-refractivity contribution < 1.29 is 4.74 Å². The first-order valence-electron chi connectivity index (χ1n) is 4.51. The zero-order chi connectivity index (χ0) is 7.94. The molecule has 0 amide bonds. The van der Waals surface area contributed by atoms with Crippen LogP contribution < -0.4 is 0 Å². The van der Waals surface area contributed by atoms with Crippen LogP contribution in [0.15, 0.2) is 0 Å². The zero-order valence-corrected chi connectivity index (χ0v) is 7.38. The molecule has 1 rings (SSSR count). The van der Waals surface area contributed by atoms with Crippen molar-refractivity contribution >= 4 is 0 Å². The second-order valence-electron chi connectivity index (χ2n) is 3.00. The summed E-state index contributed by atoms with van der Waals surface area (Å²) in [5, 5.41) is 0. The van der Waals surface area contributed by atoms with Crippen LogP contribution in [0.1, 0.15) is 19.8 Å². The van der Waals surface area contributed by atoms with Gasteiger partial charge in [-0.15, -0.1) is 0 Å². The highest BCUT2D eigenvalue weighted by molar-refractivity contribution is 4.64. The van der Waals surface area contributed by atoms with E-state index in [0.29, 0.717) is 0 Å². The quantitative estimate of drug-likeness (QED) is 0.569. The van der Waals surface area contributed by atoms with E-state index in [1.54, 1.807) is 0 Å².